The van der Waals surface area contributed by atoms with Crippen molar-refractivity contribution in [1.29, 1.82) is 0 Å². The molecule has 0 aromatic carbocycles. The first-order valence-corrected chi connectivity index (χ1v) is 6.64. The van der Waals surface area contributed by atoms with Crippen molar-refractivity contribution in [2.24, 2.45) is 5.73 Å². The summed E-state index contributed by atoms with van der Waals surface area (Å²) in [5.74, 6) is 1.12. The summed E-state index contributed by atoms with van der Waals surface area (Å²) in [6, 6.07) is 0.615. The molecule has 1 fully saturated rings. The van der Waals surface area contributed by atoms with E-state index < -0.39 is 0 Å². The zero-order chi connectivity index (χ0) is 13.1. The van der Waals surface area contributed by atoms with E-state index in [2.05, 4.69) is 28.3 Å². The summed E-state index contributed by atoms with van der Waals surface area (Å²) >= 11 is 0. The van der Waals surface area contributed by atoms with Crippen molar-refractivity contribution in [3.05, 3.63) is 18.2 Å². The molecule has 0 unspecified atom stereocenters. The van der Waals surface area contributed by atoms with E-state index >= 15 is 0 Å². The van der Waals surface area contributed by atoms with Crippen LogP contribution in [0.4, 0.5) is 0 Å². The molecular weight excluding hydrogens is 228 g/mol. The summed E-state index contributed by atoms with van der Waals surface area (Å²) in [5, 5.41) is 0. The number of imidazole rings is 1. The normalized spacial score (nSPS) is 25.8. The third-order valence-electron chi connectivity index (χ3n) is 3.67. The van der Waals surface area contributed by atoms with E-state index in [0.29, 0.717) is 6.04 Å². The molecule has 0 aliphatic carbocycles. The predicted molar refractivity (Wildman–Crippen MR) is 71.3 cm³/mol. The van der Waals surface area contributed by atoms with Crippen LogP contribution in [0, 0.1) is 0 Å². The fourth-order valence-corrected chi connectivity index (χ4v) is 2.53. The molecule has 1 saturated heterocycles. The topological polar surface area (TPSA) is 56.3 Å². The molecular formula is C13H24N4O. The molecule has 2 rings (SSSR count). The summed E-state index contributed by atoms with van der Waals surface area (Å²) in [6.45, 7) is 7.14. The summed E-state index contributed by atoms with van der Waals surface area (Å²) in [5.41, 5.74) is 6.03. The fourth-order valence-electron chi connectivity index (χ4n) is 2.53. The van der Waals surface area contributed by atoms with Crippen LogP contribution in [0.2, 0.25) is 0 Å². The number of aromatic nitrogens is 2. The second-order valence-corrected chi connectivity index (χ2v) is 5.31. The first-order valence-electron chi connectivity index (χ1n) is 6.64. The summed E-state index contributed by atoms with van der Waals surface area (Å²) in [6.07, 6.45) is 5.05. The molecule has 0 bridgehead atoms. The molecule has 2 heterocycles. The second-order valence-electron chi connectivity index (χ2n) is 5.31. The van der Waals surface area contributed by atoms with Crippen molar-refractivity contribution >= 4 is 0 Å². The summed E-state index contributed by atoms with van der Waals surface area (Å²) in [7, 11) is 1.74. The Morgan fingerprint density at radius 3 is 3.00 bits per heavy atom. The molecule has 102 valence electrons. The number of nitrogens with zero attached hydrogens (tertiary/aromatic N) is 3. The molecule has 1 aliphatic rings. The number of methoxy groups -OCH3 is 1. The van der Waals surface area contributed by atoms with Gasteiger partial charge in [-0.05, 0) is 20.3 Å². The zero-order valence-corrected chi connectivity index (χ0v) is 11.5. The maximum atomic E-state index is 6.03. The quantitative estimate of drug-likeness (QED) is 0.869. The molecule has 1 aromatic heterocycles. The van der Waals surface area contributed by atoms with Gasteiger partial charge >= 0.3 is 0 Å². The Bertz CT molecular complexity index is 377. The number of hydrogen-bond acceptors (Lipinski definition) is 4. The standard InChI is InChI=1S/C13H24N4O/c1-10(2)17-7-5-15-13(17)9-16-6-4-11(14)12(8-16)18-3/h5,7,10-12H,4,6,8-9,14H2,1-3H3/t11-,12+/m1/s1. The van der Waals surface area contributed by atoms with Crippen LogP contribution in [-0.2, 0) is 11.3 Å². The Kier molecular flexibility index (Phi) is 4.37. The highest BCUT2D eigenvalue weighted by atomic mass is 16.5. The largest absolute Gasteiger partial charge is 0.379 e. The number of nitrogens with two attached hydrogens (primary N) is 1. The molecule has 0 amide bonds. The van der Waals surface area contributed by atoms with Gasteiger partial charge in [-0.25, -0.2) is 4.98 Å². The van der Waals surface area contributed by atoms with Crippen LogP contribution in [0.3, 0.4) is 0 Å². The van der Waals surface area contributed by atoms with Crippen LogP contribution in [0.1, 0.15) is 32.1 Å². The Balaban J connectivity index is 1.99. The number of likely N-dealkylation sites (tertiary alicyclic amines) is 1. The minimum Gasteiger partial charge on any atom is -0.379 e. The summed E-state index contributed by atoms with van der Waals surface area (Å²) in [4.78, 5) is 6.82. The maximum Gasteiger partial charge on any atom is 0.123 e. The van der Waals surface area contributed by atoms with Crippen LogP contribution in [0.25, 0.3) is 0 Å². The van der Waals surface area contributed by atoms with Crippen LogP contribution in [-0.4, -0.2) is 46.8 Å². The van der Waals surface area contributed by atoms with Crippen molar-refractivity contribution in [2.45, 2.75) is 45.0 Å². The molecule has 1 aliphatic heterocycles. The van der Waals surface area contributed by atoms with Gasteiger partial charge in [0.05, 0.1) is 12.6 Å². The molecule has 5 nitrogen and oxygen atoms in total. The Labute approximate surface area is 109 Å². The average molecular weight is 252 g/mol. The van der Waals surface area contributed by atoms with Gasteiger partial charge in [0.2, 0.25) is 0 Å². The number of hydrogen-bond donors (Lipinski definition) is 1. The Morgan fingerprint density at radius 2 is 2.33 bits per heavy atom. The van der Waals surface area contributed by atoms with E-state index in [9.17, 15) is 0 Å². The second kappa shape index (κ2) is 5.82. The molecule has 0 radical (unpaired) electrons. The molecule has 1 aromatic rings. The van der Waals surface area contributed by atoms with E-state index in [1.807, 2.05) is 12.4 Å². The number of rotatable bonds is 4. The molecule has 0 spiro atoms. The lowest BCUT2D eigenvalue weighted by molar-refractivity contribution is 0.0128. The monoisotopic (exact) mass is 252 g/mol. The predicted octanol–water partition coefficient (Wildman–Crippen LogP) is 1.01. The van der Waals surface area contributed by atoms with Gasteiger partial charge in [-0.2, -0.15) is 0 Å². The lowest BCUT2D eigenvalue weighted by Gasteiger charge is -2.35. The summed E-state index contributed by atoms with van der Waals surface area (Å²) < 4.78 is 7.66. The third-order valence-corrected chi connectivity index (χ3v) is 3.67. The minimum absolute atomic E-state index is 0.140. The highest BCUT2D eigenvalue weighted by molar-refractivity contribution is 4.96. The van der Waals surface area contributed by atoms with E-state index in [0.717, 1.165) is 31.9 Å². The van der Waals surface area contributed by atoms with Gasteiger partial charge in [-0.3, -0.25) is 4.90 Å². The van der Waals surface area contributed by atoms with Gasteiger partial charge in [0.1, 0.15) is 5.82 Å². The van der Waals surface area contributed by atoms with Crippen LogP contribution < -0.4 is 5.73 Å². The highest BCUT2D eigenvalue weighted by Crippen LogP contribution is 2.16. The Morgan fingerprint density at radius 1 is 1.56 bits per heavy atom. The van der Waals surface area contributed by atoms with Gasteiger partial charge < -0.3 is 15.0 Å². The van der Waals surface area contributed by atoms with E-state index in [4.69, 9.17) is 10.5 Å². The van der Waals surface area contributed by atoms with Crippen molar-refractivity contribution in [3.8, 4) is 0 Å². The van der Waals surface area contributed by atoms with Crippen molar-refractivity contribution < 1.29 is 4.74 Å². The molecule has 0 saturated carbocycles. The van der Waals surface area contributed by atoms with Gasteiger partial charge in [-0.15, -0.1) is 0 Å². The first kappa shape index (κ1) is 13.5. The van der Waals surface area contributed by atoms with E-state index in [-0.39, 0.29) is 12.1 Å². The van der Waals surface area contributed by atoms with E-state index in [1.165, 1.54) is 0 Å². The Hall–Kier alpha value is -0.910. The van der Waals surface area contributed by atoms with Gasteiger partial charge in [0.25, 0.3) is 0 Å². The van der Waals surface area contributed by atoms with Crippen molar-refractivity contribution in [3.63, 3.8) is 0 Å². The average Bonchev–Trinajstić information content (AvgIpc) is 2.80. The number of piperidine rings is 1. The van der Waals surface area contributed by atoms with Crippen molar-refractivity contribution in [2.75, 3.05) is 20.2 Å². The molecule has 2 N–H and O–H groups in total. The smallest absolute Gasteiger partial charge is 0.123 e. The highest BCUT2D eigenvalue weighted by Gasteiger charge is 2.27. The molecule has 18 heavy (non-hydrogen) atoms. The molecule has 5 heteroatoms. The van der Waals surface area contributed by atoms with E-state index in [1.54, 1.807) is 7.11 Å². The van der Waals surface area contributed by atoms with Gasteiger partial charge in [0, 0.05) is 44.7 Å². The van der Waals surface area contributed by atoms with Crippen LogP contribution in [0.5, 0.6) is 0 Å². The van der Waals surface area contributed by atoms with Crippen LogP contribution >= 0.6 is 0 Å². The SMILES string of the molecule is CO[C@H]1CN(Cc2nccn2C(C)C)CC[C@H]1N. The zero-order valence-electron chi connectivity index (χ0n) is 11.5. The van der Waals surface area contributed by atoms with Crippen molar-refractivity contribution in [1.82, 2.24) is 14.5 Å². The molecule has 2 atom stereocenters. The van der Waals surface area contributed by atoms with Crippen LogP contribution in [0.15, 0.2) is 12.4 Å². The third kappa shape index (κ3) is 2.91. The lowest BCUT2D eigenvalue weighted by atomic mass is 10.0. The first-order chi connectivity index (χ1) is 8.61. The van der Waals surface area contributed by atoms with Gasteiger partial charge in [0.15, 0.2) is 0 Å². The fraction of sp³-hybridized carbons (Fsp3) is 0.769. The minimum atomic E-state index is 0.140. The number of ether oxygens (including phenoxy) is 1. The lowest BCUT2D eigenvalue weighted by Crippen LogP contribution is -2.51. The maximum absolute atomic E-state index is 6.03. The van der Waals surface area contributed by atoms with Gasteiger partial charge in [-0.1, -0.05) is 0 Å².